The van der Waals surface area contributed by atoms with Crippen molar-refractivity contribution in [1.82, 2.24) is 4.98 Å². The van der Waals surface area contributed by atoms with Crippen molar-refractivity contribution in [2.45, 2.75) is 22.4 Å². The zero-order valence-corrected chi connectivity index (χ0v) is 19.7. The first-order valence-electron chi connectivity index (χ1n) is 9.77. The van der Waals surface area contributed by atoms with Crippen LogP contribution < -0.4 is 4.74 Å². The first kappa shape index (κ1) is 24.9. The second kappa shape index (κ2) is 9.10. The fourth-order valence-electron chi connectivity index (χ4n) is 3.41. The number of benzene rings is 3. The minimum atomic E-state index is -4.59. The number of aromatic amines is 1. The van der Waals surface area contributed by atoms with Crippen molar-refractivity contribution < 1.29 is 36.2 Å². The molecule has 1 heterocycles. The lowest BCUT2D eigenvalue weighted by molar-refractivity contribution is -0.138. The van der Waals surface area contributed by atoms with Crippen molar-refractivity contribution >= 4 is 49.9 Å². The zero-order chi connectivity index (χ0) is 25.5. The van der Waals surface area contributed by atoms with Gasteiger partial charge in [-0.1, -0.05) is 23.2 Å². The molecule has 0 aliphatic carbocycles. The maximum absolute atomic E-state index is 13.1. The van der Waals surface area contributed by atoms with Gasteiger partial charge in [-0.05, 0) is 60.2 Å². The topological polar surface area (TPSA) is 96.5 Å². The first-order valence-corrected chi connectivity index (χ1v) is 12.0. The molecule has 0 fully saturated rings. The zero-order valence-electron chi connectivity index (χ0n) is 17.4. The lowest BCUT2D eigenvalue weighted by Crippen LogP contribution is -2.06. The molecule has 0 bridgehead atoms. The minimum absolute atomic E-state index is 0.0458. The van der Waals surface area contributed by atoms with E-state index >= 15 is 0 Å². The Morgan fingerprint density at radius 2 is 1.63 bits per heavy atom. The van der Waals surface area contributed by atoms with E-state index in [-0.39, 0.29) is 43.1 Å². The number of nitrogens with one attached hydrogen (secondary N) is 1. The van der Waals surface area contributed by atoms with Gasteiger partial charge in [0.1, 0.15) is 5.75 Å². The lowest BCUT2D eigenvalue weighted by atomic mass is 10.1. The van der Waals surface area contributed by atoms with E-state index in [0.717, 1.165) is 12.1 Å². The van der Waals surface area contributed by atoms with Crippen LogP contribution in [0, 0.1) is 0 Å². The van der Waals surface area contributed by atoms with E-state index in [4.69, 9.17) is 33.0 Å². The summed E-state index contributed by atoms with van der Waals surface area (Å²) in [6.07, 6.45) is -3.65. The molecule has 2 N–H and O–H groups in total. The van der Waals surface area contributed by atoms with Gasteiger partial charge in [-0.25, -0.2) is 8.42 Å². The van der Waals surface area contributed by atoms with Crippen molar-refractivity contribution in [3.05, 3.63) is 82.0 Å². The van der Waals surface area contributed by atoms with Crippen molar-refractivity contribution in [1.29, 1.82) is 0 Å². The standard InChI is InChI=1S/C23H14Cl2F3NO5S/c24-17-7-12(9-21(30)31)8-18(25)22(17)34-14-3-6-19-16(10-14)20(11-29-19)35(32,33)15-4-1-13(2-5-15)23(26,27)28/h1-8,10-11,29H,9H2,(H,30,31). The summed E-state index contributed by atoms with van der Waals surface area (Å²) < 4.78 is 70.6. The summed E-state index contributed by atoms with van der Waals surface area (Å²) in [6.45, 7) is 0. The van der Waals surface area contributed by atoms with E-state index in [1.807, 2.05) is 0 Å². The number of halogens is 5. The summed E-state index contributed by atoms with van der Waals surface area (Å²) in [6, 6.07) is 10.5. The summed E-state index contributed by atoms with van der Waals surface area (Å²) >= 11 is 12.4. The minimum Gasteiger partial charge on any atom is -0.481 e. The molecule has 0 aliphatic rings. The Balaban J connectivity index is 1.70. The van der Waals surface area contributed by atoms with Crippen LogP contribution in [0.25, 0.3) is 10.9 Å². The van der Waals surface area contributed by atoms with Gasteiger partial charge >= 0.3 is 12.1 Å². The van der Waals surface area contributed by atoms with Crippen LogP contribution in [0.4, 0.5) is 13.2 Å². The highest BCUT2D eigenvalue weighted by Gasteiger charge is 2.31. The highest BCUT2D eigenvalue weighted by Crippen LogP contribution is 2.39. The molecule has 0 spiro atoms. The van der Waals surface area contributed by atoms with Crippen molar-refractivity contribution in [3.63, 3.8) is 0 Å². The largest absolute Gasteiger partial charge is 0.481 e. The Hall–Kier alpha value is -3.21. The van der Waals surface area contributed by atoms with Gasteiger partial charge in [-0.2, -0.15) is 13.2 Å². The van der Waals surface area contributed by atoms with Crippen LogP contribution in [0.5, 0.6) is 11.5 Å². The number of rotatable bonds is 6. The summed E-state index contributed by atoms with van der Waals surface area (Å²) in [7, 11) is -4.17. The smallest absolute Gasteiger partial charge is 0.416 e. The maximum Gasteiger partial charge on any atom is 0.416 e. The van der Waals surface area contributed by atoms with Gasteiger partial charge in [0.2, 0.25) is 9.84 Å². The van der Waals surface area contributed by atoms with Gasteiger partial charge in [-0.15, -0.1) is 0 Å². The van der Waals surface area contributed by atoms with Gasteiger partial charge in [0.15, 0.2) is 5.75 Å². The normalized spacial score (nSPS) is 12.1. The Morgan fingerprint density at radius 1 is 1.00 bits per heavy atom. The quantitative estimate of drug-likeness (QED) is 0.280. The number of carbonyl (C=O) groups is 1. The van der Waals surface area contributed by atoms with Crippen LogP contribution in [-0.4, -0.2) is 24.5 Å². The van der Waals surface area contributed by atoms with Crippen molar-refractivity contribution in [2.75, 3.05) is 0 Å². The van der Waals surface area contributed by atoms with E-state index in [1.165, 1.54) is 30.5 Å². The van der Waals surface area contributed by atoms with Crippen LogP contribution in [0.1, 0.15) is 11.1 Å². The fraction of sp³-hybridized carbons (Fsp3) is 0.0870. The number of aromatic nitrogens is 1. The van der Waals surface area contributed by atoms with Crippen molar-refractivity contribution in [3.8, 4) is 11.5 Å². The van der Waals surface area contributed by atoms with Crippen LogP contribution in [0.2, 0.25) is 10.0 Å². The highest BCUT2D eigenvalue weighted by atomic mass is 35.5. The van der Waals surface area contributed by atoms with E-state index in [9.17, 15) is 26.4 Å². The van der Waals surface area contributed by atoms with Crippen LogP contribution >= 0.6 is 23.2 Å². The van der Waals surface area contributed by atoms with Crippen molar-refractivity contribution in [2.24, 2.45) is 0 Å². The number of hydrogen-bond acceptors (Lipinski definition) is 4. The third-order valence-corrected chi connectivity index (χ3v) is 7.40. The number of H-pyrrole nitrogens is 1. The van der Waals surface area contributed by atoms with E-state index < -0.39 is 27.5 Å². The Labute approximate surface area is 206 Å². The molecule has 12 heteroatoms. The average molecular weight is 544 g/mol. The van der Waals surface area contributed by atoms with Gasteiger partial charge < -0.3 is 14.8 Å². The molecule has 182 valence electrons. The number of sulfone groups is 1. The molecule has 35 heavy (non-hydrogen) atoms. The van der Waals surface area contributed by atoms with E-state index in [0.29, 0.717) is 23.2 Å². The molecule has 0 aliphatic heterocycles. The fourth-order valence-corrected chi connectivity index (χ4v) is 5.44. The number of alkyl halides is 3. The maximum atomic E-state index is 13.1. The van der Waals surface area contributed by atoms with Crippen LogP contribution in [0.3, 0.4) is 0 Å². The molecule has 6 nitrogen and oxygen atoms in total. The SMILES string of the molecule is O=C(O)Cc1cc(Cl)c(Oc2ccc3[nH]cc(S(=O)(=O)c4ccc(C(F)(F)F)cc4)c3c2)c(Cl)c1. The Bertz CT molecular complexity index is 1520. The molecule has 4 rings (SSSR count). The second-order valence-electron chi connectivity index (χ2n) is 7.45. The molecule has 0 radical (unpaired) electrons. The summed E-state index contributed by atoms with van der Waals surface area (Å²) in [5.41, 5.74) is -0.156. The van der Waals surface area contributed by atoms with Gasteiger partial charge in [-0.3, -0.25) is 4.79 Å². The van der Waals surface area contributed by atoms with Crippen LogP contribution in [-0.2, 0) is 27.2 Å². The third kappa shape index (κ3) is 5.09. The third-order valence-electron chi connectivity index (χ3n) is 5.03. The molecule has 0 atom stereocenters. The molecule has 0 saturated carbocycles. The predicted octanol–water partition coefficient (Wildman–Crippen LogP) is 6.75. The van der Waals surface area contributed by atoms with Crippen LogP contribution in [0.15, 0.2) is 70.6 Å². The molecule has 0 saturated heterocycles. The summed E-state index contributed by atoms with van der Waals surface area (Å²) in [5.74, 6) is -0.842. The number of fused-ring (bicyclic) bond motifs is 1. The lowest BCUT2D eigenvalue weighted by Gasteiger charge is -2.12. The molecule has 1 aromatic heterocycles. The molecular formula is C23H14Cl2F3NO5S. The molecule has 4 aromatic rings. The van der Waals surface area contributed by atoms with Gasteiger partial charge in [0.25, 0.3) is 0 Å². The monoisotopic (exact) mass is 543 g/mol. The average Bonchev–Trinajstić information content (AvgIpc) is 3.19. The molecule has 0 unspecified atom stereocenters. The molecular weight excluding hydrogens is 530 g/mol. The van der Waals surface area contributed by atoms with Gasteiger partial charge in [0.05, 0.1) is 31.8 Å². The molecule has 3 aromatic carbocycles. The predicted molar refractivity (Wildman–Crippen MR) is 123 cm³/mol. The number of aliphatic carboxylic acids is 1. The highest BCUT2D eigenvalue weighted by molar-refractivity contribution is 7.91. The number of hydrogen-bond donors (Lipinski definition) is 2. The van der Waals surface area contributed by atoms with E-state index in [2.05, 4.69) is 4.98 Å². The van der Waals surface area contributed by atoms with E-state index in [1.54, 1.807) is 6.07 Å². The summed E-state index contributed by atoms with van der Waals surface area (Å²) in [4.78, 5) is 13.3. The number of carboxylic acids is 1. The number of carboxylic acid groups (broad SMARTS) is 1. The van der Waals surface area contributed by atoms with Gasteiger partial charge in [0, 0.05) is 17.1 Å². The second-order valence-corrected chi connectivity index (χ2v) is 10.2. The molecule has 0 amide bonds. The number of ether oxygens (including phenoxy) is 1. The summed E-state index contributed by atoms with van der Waals surface area (Å²) in [5, 5.41) is 9.28. The Kier molecular flexibility index (Phi) is 6.48. The first-order chi connectivity index (χ1) is 16.4. The Morgan fingerprint density at radius 3 is 2.20 bits per heavy atom.